The molecule has 0 bridgehead atoms. The lowest BCUT2D eigenvalue weighted by Crippen LogP contribution is -2.54. The van der Waals surface area contributed by atoms with Crippen molar-refractivity contribution in [1.29, 1.82) is 0 Å². The summed E-state index contributed by atoms with van der Waals surface area (Å²) in [6.07, 6.45) is 4.66. The third-order valence-electron chi connectivity index (χ3n) is 12.3. The minimum absolute atomic E-state index is 0.0660. The highest BCUT2D eigenvalue weighted by atomic mass is 32.1. The molecule has 0 radical (unpaired) electrons. The van der Waals surface area contributed by atoms with Crippen LogP contribution in [0.2, 0.25) is 0 Å². The monoisotopic (exact) mass is 859 g/mol. The van der Waals surface area contributed by atoms with Gasteiger partial charge in [0.2, 0.25) is 23.6 Å². The predicted molar refractivity (Wildman–Crippen MR) is 232 cm³/mol. The summed E-state index contributed by atoms with van der Waals surface area (Å²) in [5.74, 6) is -1.19. The van der Waals surface area contributed by atoms with Gasteiger partial charge in [-0.05, 0) is 99.0 Å². The maximum Gasteiger partial charge on any atom is 0.262 e. The number of morpholine rings is 1. The molecule has 1 aromatic heterocycles. The molecular formula is C46H49N7O8S. The highest BCUT2D eigenvalue weighted by Gasteiger charge is 2.44. The van der Waals surface area contributed by atoms with Gasteiger partial charge >= 0.3 is 0 Å². The normalized spacial score (nSPS) is 19.3. The Bertz CT molecular complexity index is 2440. The number of rotatable bonds is 15. The minimum Gasteiger partial charge on any atom is -0.494 e. The Morgan fingerprint density at radius 3 is 2.56 bits per heavy atom. The summed E-state index contributed by atoms with van der Waals surface area (Å²) in [5.41, 5.74) is 5.95. The van der Waals surface area contributed by atoms with Crippen LogP contribution in [0.1, 0.15) is 75.2 Å². The fraction of sp³-hybridized carbons (Fsp3) is 0.413. The lowest BCUT2D eigenvalue weighted by molar-refractivity contribution is -0.136. The zero-order valence-electron chi connectivity index (χ0n) is 34.6. The van der Waals surface area contributed by atoms with Crippen LogP contribution in [0.25, 0.3) is 11.3 Å². The van der Waals surface area contributed by atoms with Crippen molar-refractivity contribution in [1.82, 2.24) is 20.1 Å². The first kappa shape index (κ1) is 41.4. The number of carbonyl (C=O) groups is 6. The Labute approximate surface area is 363 Å². The van der Waals surface area contributed by atoms with Crippen molar-refractivity contribution in [2.24, 2.45) is 5.92 Å². The number of piperidine rings is 1. The van der Waals surface area contributed by atoms with Crippen LogP contribution in [0, 0.1) is 12.8 Å². The van der Waals surface area contributed by atoms with Crippen molar-refractivity contribution in [2.45, 2.75) is 70.4 Å². The van der Waals surface area contributed by atoms with E-state index in [9.17, 15) is 28.8 Å². The van der Waals surface area contributed by atoms with Gasteiger partial charge in [0, 0.05) is 66.4 Å². The number of anilines is 3. The molecule has 3 N–H and O–H groups in total. The van der Waals surface area contributed by atoms with E-state index in [0.29, 0.717) is 42.9 Å². The second-order valence-electron chi connectivity index (χ2n) is 16.5. The minimum atomic E-state index is -1.01. The van der Waals surface area contributed by atoms with Crippen molar-refractivity contribution in [3.8, 4) is 17.0 Å². The highest BCUT2D eigenvalue weighted by molar-refractivity contribution is 7.16. The molecule has 16 heteroatoms. The molecule has 322 valence electrons. The fourth-order valence-electron chi connectivity index (χ4n) is 8.87. The Hall–Kier alpha value is -5.97. The molecule has 2 saturated heterocycles. The Kier molecular flexibility index (Phi) is 11.9. The lowest BCUT2D eigenvalue weighted by Gasteiger charge is -2.34. The van der Waals surface area contributed by atoms with E-state index in [1.165, 1.54) is 11.3 Å². The summed E-state index contributed by atoms with van der Waals surface area (Å²) in [7, 11) is 0. The molecule has 15 nitrogen and oxygen atoms in total. The summed E-state index contributed by atoms with van der Waals surface area (Å²) in [6.45, 7) is 6.68. The van der Waals surface area contributed by atoms with E-state index in [2.05, 4.69) is 26.9 Å². The summed E-state index contributed by atoms with van der Waals surface area (Å²) in [6, 6.07) is 17.9. The maximum atomic E-state index is 13.3. The van der Waals surface area contributed by atoms with E-state index >= 15 is 0 Å². The van der Waals surface area contributed by atoms with Gasteiger partial charge in [0.05, 0.1) is 43.1 Å². The quantitative estimate of drug-likeness (QED) is 0.138. The van der Waals surface area contributed by atoms with Gasteiger partial charge in [-0.2, -0.15) is 0 Å². The number of aryl methyl sites for hydroxylation is 1. The lowest BCUT2D eigenvalue weighted by atomic mass is 10.0. The second kappa shape index (κ2) is 17.8. The molecule has 62 heavy (non-hydrogen) atoms. The Morgan fingerprint density at radius 2 is 1.76 bits per heavy atom. The van der Waals surface area contributed by atoms with E-state index in [4.69, 9.17) is 14.5 Å². The van der Waals surface area contributed by atoms with E-state index < -0.39 is 29.7 Å². The first-order chi connectivity index (χ1) is 30.1. The van der Waals surface area contributed by atoms with Crippen molar-refractivity contribution >= 4 is 63.3 Å². The number of amides is 6. The molecule has 1 saturated carbocycles. The first-order valence-electron chi connectivity index (χ1n) is 21.4. The molecule has 3 fully saturated rings. The number of hydrogen-bond donors (Lipinski definition) is 3. The number of carbonyl (C=O) groups excluding carboxylic acids is 6. The van der Waals surface area contributed by atoms with Gasteiger partial charge in [-0.25, -0.2) is 4.98 Å². The number of nitrogens with one attached hydrogen (secondary N) is 3. The van der Waals surface area contributed by atoms with E-state index in [1.807, 2.05) is 48.2 Å². The zero-order chi connectivity index (χ0) is 42.9. The van der Waals surface area contributed by atoms with E-state index in [1.54, 1.807) is 18.2 Å². The summed E-state index contributed by atoms with van der Waals surface area (Å²) < 4.78 is 11.9. The third-order valence-corrected chi connectivity index (χ3v) is 13.2. The average molecular weight is 860 g/mol. The van der Waals surface area contributed by atoms with Gasteiger partial charge < -0.3 is 25.0 Å². The molecule has 0 spiro atoms. The number of aromatic nitrogens is 1. The summed E-state index contributed by atoms with van der Waals surface area (Å²) >= 11 is 1.44. The molecule has 5 aliphatic rings. The van der Waals surface area contributed by atoms with Gasteiger partial charge in [-0.15, -0.1) is 11.3 Å². The number of fused-ring (bicyclic) bond motifs is 2. The van der Waals surface area contributed by atoms with Crippen LogP contribution in [0.15, 0.2) is 60.7 Å². The second-order valence-corrected chi connectivity index (χ2v) is 17.7. The Morgan fingerprint density at radius 1 is 0.935 bits per heavy atom. The molecule has 2 atom stereocenters. The van der Waals surface area contributed by atoms with Gasteiger partial charge in [0.1, 0.15) is 11.8 Å². The van der Waals surface area contributed by atoms with E-state index in [-0.39, 0.29) is 54.2 Å². The molecule has 3 aromatic carbocycles. The molecule has 4 aliphatic heterocycles. The van der Waals surface area contributed by atoms with Crippen LogP contribution in [0.5, 0.6) is 5.75 Å². The molecule has 2 unspecified atom stereocenters. The van der Waals surface area contributed by atoms with Crippen LogP contribution >= 0.6 is 11.3 Å². The Balaban J connectivity index is 0.768. The zero-order valence-corrected chi connectivity index (χ0v) is 35.4. The largest absolute Gasteiger partial charge is 0.494 e. The molecule has 5 heterocycles. The van der Waals surface area contributed by atoms with Crippen molar-refractivity contribution < 1.29 is 38.2 Å². The van der Waals surface area contributed by atoms with Crippen LogP contribution in [-0.4, -0.2) is 108 Å². The molecule has 1 aliphatic carbocycles. The maximum absolute atomic E-state index is 13.3. The van der Waals surface area contributed by atoms with Gasteiger partial charge in [-0.3, -0.25) is 43.9 Å². The predicted octanol–water partition coefficient (Wildman–Crippen LogP) is 4.97. The molecule has 9 rings (SSSR count). The van der Waals surface area contributed by atoms with Crippen LogP contribution in [0.4, 0.5) is 16.5 Å². The number of thiazole rings is 1. The number of imide groups is 2. The molecular weight excluding hydrogens is 811 g/mol. The highest BCUT2D eigenvalue weighted by Crippen LogP contribution is 2.39. The van der Waals surface area contributed by atoms with Crippen LogP contribution in [0.3, 0.4) is 0 Å². The first-order valence-corrected chi connectivity index (χ1v) is 22.3. The number of hydrogen-bond acceptors (Lipinski definition) is 12. The fourth-order valence-corrected chi connectivity index (χ4v) is 9.72. The van der Waals surface area contributed by atoms with E-state index in [0.717, 1.165) is 89.6 Å². The average Bonchev–Trinajstić information content (AvgIpc) is 3.87. The third kappa shape index (κ3) is 8.85. The van der Waals surface area contributed by atoms with Crippen LogP contribution < -0.4 is 25.6 Å². The smallest absolute Gasteiger partial charge is 0.262 e. The van der Waals surface area contributed by atoms with Gasteiger partial charge in [0.25, 0.3) is 11.8 Å². The topological polar surface area (TPSA) is 180 Å². The number of benzene rings is 3. The van der Waals surface area contributed by atoms with Gasteiger partial charge in [0.15, 0.2) is 5.13 Å². The molecule has 6 amide bonds. The van der Waals surface area contributed by atoms with Crippen molar-refractivity contribution in [3.05, 3.63) is 87.8 Å². The SMILES string of the molecule is Cc1sc(NC(=O)Cc2cccc(OCCC(CCNc3ccc4c(c3)C(=O)N(C3CCC(=O)NC3=O)C4=O)N3CCOCC3)c2)nc1-c1ccc2c(c1)CCN2C(=O)C1CC1. The molecule has 4 aromatic rings. The standard InChI is InChI=1S/C46H49N7O8S/c1-27-41(31-7-10-37-30(25-31)14-17-52(37)43(57)29-5-6-29)50-46(62-27)49-40(55)24-28-3-2-4-34(23-28)61-20-15-33(51-18-21-60-22-19-51)13-16-47-32-8-9-35-36(26-32)45(59)53(44(35)58)38-11-12-39(54)48-42(38)56/h2-4,7-10,23,25-26,29,33,38,47H,5-6,11-22,24H2,1H3,(H,48,54,56)(H,49,50,55). The van der Waals surface area contributed by atoms with Crippen molar-refractivity contribution in [2.75, 3.05) is 61.5 Å². The number of nitrogens with zero attached hydrogens (tertiary/aromatic N) is 4. The number of ether oxygens (including phenoxy) is 2. The van der Waals surface area contributed by atoms with Crippen molar-refractivity contribution in [3.63, 3.8) is 0 Å². The van der Waals surface area contributed by atoms with Gasteiger partial charge in [-0.1, -0.05) is 18.2 Å². The summed E-state index contributed by atoms with van der Waals surface area (Å²) in [5, 5.41) is 9.17. The van der Waals surface area contributed by atoms with Crippen LogP contribution in [-0.2, 0) is 36.8 Å². The summed E-state index contributed by atoms with van der Waals surface area (Å²) in [4.78, 5) is 87.6.